The summed E-state index contributed by atoms with van der Waals surface area (Å²) in [5.41, 5.74) is 3.28. The number of piperazine rings is 1. The fourth-order valence-corrected chi connectivity index (χ4v) is 4.88. The second-order valence-corrected chi connectivity index (χ2v) is 8.61. The van der Waals surface area contributed by atoms with Gasteiger partial charge in [-0.05, 0) is 31.7 Å². The van der Waals surface area contributed by atoms with Crippen LogP contribution in [0.25, 0.3) is 16.9 Å². The zero-order valence-corrected chi connectivity index (χ0v) is 17.8. The van der Waals surface area contributed by atoms with Gasteiger partial charge in [-0.2, -0.15) is 0 Å². The van der Waals surface area contributed by atoms with Crippen LogP contribution in [-0.4, -0.2) is 56.5 Å². The molecule has 162 valence electrons. The van der Waals surface area contributed by atoms with Gasteiger partial charge < -0.3 is 10.2 Å². The van der Waals surface area contributed by atoms with Crippen LogP contribution < -0.4 is 10.2 Å². The number of nitrogens with zero attached hydrogens (tertiary/aromatic N) is 6. The Morgan fingerprint density at radius 2 is 1.97 bits per heavy atom. The molecule has 3 aromatic heterocycles. The molecule has 1 aromatic carbocycles. The minimum atomic E-state index is -0.224. The largest absolute Gasteiger partial charge is 0.366 e. The second-order valence-electron chi connectivity index (χ2n) is 8.61. The molecule has 6 rings (SSSR count). The van der Waals surface area contributed by atoms with Gasteiger partial charge in [0, 0.05) is 67.5 Å². The Balaban J connectivity index is 1.32. The van der Waals surface area contributed by atoms with Crippen molar-refractivity contribution in [1.29, 1.82) is 0 Å². The van der Waals surface area contributed by atoms with Crippen molar-refractivity contribution in [1.82, 2.24) is 24.3 Å². The number of aromatic nitrogens is 4. The first-order valence-electron chi connectivity index (χ1n) is 10.9. The number of likely N-dealkylation sites (tertiary alicyclic amines) is 1. The van der Waals surface area contributed by atoms with Gasteiger partial charge in [-0.15, -0.1) is 0 Å². The molecule has 2 unspecified atom stereocenters. The van der Waals surface area contributed by atoms with E-state index in [0.29, 0.717) is 30.0 Å². The van der Waals surface area contributed by atoms with E-state index in [2.05, 4.69) is 36.5 Å². The number of likely N-dealkylation sites (N-methyl/N-ethyl adjacent to an activating group) is 1. The molecule has 2 aliphatic heterocycles. The summed E-state index contributed by atoms with van der Waals surface area (Å²) in [5.74, 6) is 1.39. The maximum atomic E-state index is 13.9. The molecule has 2 atom stereocenters. The Bertz CT molecular complexity index is 1280. The highest BCUT2D eigenvalue weighted by Gasteiger charge is 2.42. The third-order valence-corrected chi connectivity index (χ3v) is 6.62. The van der Waals surface area contributed by atoms with Crippen molar-refractivity contribution in [2.24, 2.45) is 0 Å². The van der Waals surface area contributed by atoms with Crippen LogP contribution in [0.15, 0.2) is 61.1 Å². The lowest BCUT2D eigenvalue weighted by molar-refractivity contribution is 0.291. The Kier molecular flexibility index (Phi) is 4.53. The maximum Gasteiger partial charge on any atom is 0.212 e. The predicted octanol–water partition coefficient (Wildman–Crippen LogP) is 3.44. The molecule has 1 N–H and O–H groups in total. The van der Waals surface area contributed by atoms with Crippen molar-refractivity contribution in [2.45, 2.75) is 25.0 Å². The summed E-state index contributed by atoms with van der Waals surface area (Å²) in [6.07, 6.45) is 6.73. The first-order chi connectivity index (χ1) is 15.7. The summed E-state index contributed by atoms with van der Waals surface area (Å²) >= 11 is 0. The number of anilines is 2. The van der Waals surface area contributed by atoms with Crippen LogP contribution in [0.1, 0.15) is 12.0 Å². The average Bonchev–Trinajstić information content (AvgIpc) is 3.53. The molecule has 32 heavy (non-hydrogen) atoms. The van der Waals surface area contributed by atoms with E-state index in [1.807, 2.05) is 36.7 Å². The lowest BCUT2D eigenvalue weighted by Gasteiger charge is -2.33. The van der Waals surface area contributed by atoms with Gasteiger partial charge in [-0.1, -0.05) is 18.2 Å². The van der Waals surface area contributed by atoms with Gasteiger partial charge in [0.05, 0.1) is 5.69 Å². The lowest BCUT2D eigenvalue weighted by atomic mass is 10.1. The molecule has 0 saturated carbocycles. The van der Waals surface area contributed by atoms with Crippen molar-refractivity contribution in [2.75, 3.05) is 30.4 Å². The number of hydrogen-bond acceptors (Lipinski definition) is 6. The molecule has 2 fully saturated rings. The third-order valence-electron chi connectivity index (χ3n) is 6.62. The van der Waals surface area contributed by atoms with E-state index >= 15 is 0 Å². The Labute approximate surface area is 185 Å². The first kappa shape index (κ1) is 19.2. The zero-order chi connectivity index (χ0) is 21.7. The number of nitrogens with one attached hydrogen (secondary N) is 1. The maximum absolute atomic E-state index is 13.9. The van der Waals surface area contributed by atoms with E-state index in [9.17, 15) is 4.39 Å². The van der Waals surface area contributed by atoms with Crippen LogP contribution in [0.4, 0.5) is 16.2 Å². The lowest BCUT2D eigenvalue weighted by Crippen LogP contribution is -2.45. The number of pyridine rings is 1. The number of benzene rings is 1. The molecular weight excluding hydrogens is 405 g/mol. The van der Waals surface area contributed by atoms with Crippen LogP contribution in [0, 0.1) is 5.82 Å². The summed E-state index contributed by atoms with van der Waals surface area (Å²) < 4.78 is 16.0. The van der Waals surface area contributed by atoms with Crippen LogP contribution in [-0.2, 0) is 6.54 Å². The molecule has 0 aliphatic carbocycles. The number of imidazole rings is 1. The van der Waals surface area contributed by atoms with Crippen molar-refractivity contribution in [3.8, 4) is 11.3 Å². The van der Waals surface area contributed by atoms with Gasteiger partial charge in [-0.25, -0.2) is 19.3 Å². The monoisotopic (exact) mass is 429 g/mol. The Morgan fingerprint density at radius 3 is 2.78 bits per heavy atom. The van der Waals surface area contributed by atoms with Gasteiger partial charge in [0.1, 0.15) is 17.3 Å². The smallest absolute Gasteiger partial charge is 0.212 e. The molecule has 2 bridgehead atoms. The molecule has 0 amide bonds. The van der Waals surface area contributed by atoms with Crippen LogP contribution in [0.2, 0.25) is 0 Å². The van der Waals surface area contributed by atoms with E-state index < -0.39 is 0 Å². The minimum Gasteiger partial charge on any atom is -0.366 e. The average molecular weight is 430 g/mol. The third kappa shape index (κ3) is 3.27. The molecule has 2 saturated heterocycles. The number of halogens is 1. The summed E-state index contributed by atoms with van der Waals surface area (Å²) in [7, 11) is 2.20. The molecule has 0 spiro atoms. The number of fused-ring (bicyclic) bond motifs is 3. The molecule has 7 nitrogen and oxygen atoms in total. The number of hydrogen-bond donors (Lipinski definition) is 1. The van der Waals surface area contributed by atoms with E-state index in [-0.39, 0.29) is 5.82 Å². The second kappa shape index (κ2) is 7.56. The normalized spacial score (nSPS) is 20.4. The molecule has 8 heteroatoms. The highest BCUT2D eigenvalue weighted by atomic mass is 19.1. The SMILES string of the molecule is CN1CC2CC1CN2c1nc(-c2ccnc(NCc3ccccc3F)c2)cc2nccn12. The summed E-state index contributed by atoms with van der Waals surface area (Å²) in [4.78, 5) is 18.9. The molecule has 4 aromatic rings. The highest BCUT2D eigenvalue weighted by Crippen LogP contribution is 2.34. The van der Waals surface area contributed by atoms with Crippen molar-refractivity contribution in [3.63, 3.8) is 0 Å². The first-order valence-corrected chi connectivity index (χ1v) is 10.9. The van der Waals surface area contributed by atoms with Crippen molar-refractivity contribution in [3.05, 3.63) is 72.4 Å². The van der Waals surface area contributed by atoms with Gasteiger partial charge in [0.25, 0.3) is 0 Å². The fraction of sp³-hybridized carbons (Fsp3) is 0.292. The van der Waals surface area contributed by atoms with Crippen molar-refractivity contribution < 1.29 is 4.39 Å². The van der Waals surface area contributed by atoms with Gasteiger partial charge in [0.2, 0.25) is 5.95 Å². The van der Waals surface area contributed by atoms with Gasteiger partial charge >= 0.3 is 0 Å². The van der Waals surface area contributed by atoms with Gasteiger partial charge in [-0.3, -0.25) is 9.30 Å². The summed E-state index contributed by atoms with van der Waals surface area (Å²) in [5, 5.41) is 3.23. The zero-order valence-electron chi connectivity index (χ0n) is 17.8. The standard InChI is InChI=1S/C24H24FN7/c1-30-14-19-11-18(30)15-32(19)24-29-21(12-23-27-8-9-31(23)24)16-6-7-26-22(10-16)28-13-17-4-2-3-5-20(17)25/h2-10,12,18-19H,11,13-15H2,1H3,(H,26,28). The fourth-order valence-electron chi connectivity index (χ4n) is 4.88. The summed E-state index contributed by atoms with van der Waals surface area (Å²) in [6, 6.07) is 13.7. The van der Waals surface area contributed by atoms with Crippen LogP contribution >= 0.6 is 0 Å². The van der Waals surface area contributed by atoms with Gasteiger partial charge in [0.15, 0.2) is 0 Å². The molecule has 0 radical (unpaired) electrons. The topological polar surface area (TPSA) is 61.6 Å². The molecular formula is C24H24FN7. The van der Waals surface area contributed by atoms with Crippen LogP contribution in [0.5, 0.6) is 0 Å². The Hall–Kier alpha value is -3.52. The van der Waals surface area contributed by atoms with E-state index in [1.54, 1.807) is 18.3 Å². The van der Waals surface area contributed by atoms with E-state index in [4.69, 9.17) is 4.98 Å². The van der Waals surface area contributed by atoms with E-state index in [0.717, 1.165) is 35.9 Å². The van der Waals surface area contributed by atoms with E-state index in [1.165, 1.54) is 12.5 Å². The molecule has 2 aliphatic rings. The quantitative estimate of drug-likeness (QED) is 0.525. The highest BCUT2D eigenvalue weighted by molar-refractivity contribution is 5.68. The Morgan fingerprint density at radius 1 is 1.06 bits per heavy atom. The summed E-state index contributed by atoms with van der Waals surface area (Å²) in [6.45, 7) is 2.41. The molecule has 5 heterocycles. The number of rotatable bonds is 5. The predicted molar refractivity (Wildman–Crippen MR) is 122 cm³/mol. The van der Waals surface area contributed by atoms with Crippen LogP contribution in [0.3, 0.4) is 0 Å². The minimum absolute atomic E-state index is 0.224. The van der Waals surface area contributed by atoms with Crippen molar-refractivity contribution >= 4 is 17.4 Å².